The van der Waals surface area contributed by atoms with Gasteiger partial charge < -0.3 is 14.4 Å². The number of aliphatic imine (C=N–C) groups is 1. The van der Waals surface area contributed by atoms with E-state index < -0.39 is 12.0 Å². The number of rotatable bonds is 4. The largest absolute Gasteiger partial charge is 0.521 e. The van der Waals surface area contributed by atoms with E-state index in [1.54, 1.807) is 43.3 Å². The minimum Gasteiger partial charge on any atom is -0.395 e. The van der Waals surface area contributed by atoms with Gasteiger partial charge in [-0.2, -0.15) is 4.98 Å². The molecule has 0 aliphatic rings. The number of ether oxygens (including phenoxy) is 2. The molecule has 0 atom stereocenters. The molecule has 0 radical (unpaired) electrons. The fraction of sp³-hybridized carbons (Fsp3) is 0.200. The third-order valence-electron chi connectivity index (χ3n) is 2.51. The Morgan fingerprint density at radius 3 is 2.61 bits per heavy atom. The lowest BCUT2D eigenvalue weighted by molar-refractivity contribution is 0.147. The predicted molar refractivity (Wildman–Crippen MR) is 81.7 cm³/mol. The summed E-state index contributed by atoms with van der Waals surface area (Å²) in [7, 11) is 3.44. The van der Waals surface area contributed by atoms with Crippen molar-refractivity contribution in [3.05, 3.63) is 41.8 Å². The minimum atomic E-state index is -1.02. The molecular formula is C15H15FN4O3. The predicted octanol–water partition coefficient (Wildman–Crippen LogP) is 2.72. The Bertz CT molecular complexity index is 717. The average molecular weight is 318 g/mol. The van der Waals surface area contributed by atoms with Crippen molar-refractivity contribution >= 4 is 18.3 Å². The minimum absolute atomic E-state index is 0.244. The van der Waals surface area contributed by atoms with Gasteiger partial charge in [-0.15, -0.1) is 0 Å². The Balaban J connectivity index is 2.05. The topological polar surface area (TPSA) is 76.9 Å². The van der Waals surface area contributed by atoms with E-state index in [0.29, 0.717) is 5.75 Å². The first-order valence-electron chi connectivity index (χ1n) is 6.63. The van der Waals surface area contributed by atoms with Crippen LogP contribution in [0.15, 0.2) is 35.5 Å². The molecule has 0 N–H and O–H groups in total. The van der Waals surface area contributed by atoms with Crippen molar-refractivity contribution in [3.63, 3.8) is 0 Å². The smallest absolute Gasteiger partial charge is 0.395 e. The Morgan fingerprint density at radius 1 is 1.26 bits per heavy atom. The normalized spacial score (nSPS) is 10.6. The van der Waals surface area contributed by atoms with Gasteiger partial charge in [0, 0.05) is 14.1 Å². The van der Waals surface area contributed by atoms with Gasteiger partial charge in [0.25, 0.3) is 0 Å². The SMILES string of the molecule is Cc1ccc(OC(=O)Oc2ncc(F)c(/N=C/N(C)C)n2)cc1. The van der Waals surface area contributed by atoms with Crippen molar-refractivity contribution in [2.45, 2.75) is 6.92 Å². The first-order chi connectivity index (χ1) is 10.9. The van der Waals surface area contributed by atoms with Gasteiger partial charge in [-0.25, -0.2) is 19.2 Å². The maximum absolute atomic E-state index is 13.5. The van der Waals surface area contributed by atoms with Crippen molar-refractivity contribution in [2.75, 3.05) is 14.1 Å². The van der Waals surface area contributed by atoms with Gasteiger partial charge in [0.15, 0.2) is 11.6 Å². The zero-order valence-electron chi connectivity index (χ0n) is 12.9. The van der Waals surface area contributed by atoms with Crippen LogP contribution < -0.4 is 9.47 Å². The summed E-state index contributed by atoms with van der Waals surface area (Å²) in [6, 6.07) is 6.45. The first kappa shape index (κ1) is 16.3. The average Bonchev–Trinajstić information content (AvgIpc) is 2.50. The van der Waals surface area contributed by atoms with Crippen LogP contribution >= 0.6 is 0 Å². The monoisotopic (exact) mass is 318 g/mol. The molecule has 120 valence electrons. The fourth-order valence-corrected chi connectivity index (χ4v) is 1.45. The second-order valence-electron chi connectivity index (χ2n) is 4.80. The van der Waals surface area contributed by atoms with E-state index in [-0.39, 0.29) is 11.8 Å². The number of aryl methyl sites for hydroxylation is 1. The summed E-state index contributed by atoms with van der Waals surface area (Å²) in [5, 5.41) is 0. The summed E-state index contributed by atoms with van der Waals surface area (Å²) in [6.07, 6.45) is 1.20. The van der Waals surface area contributed by atoms with Crippen LogP contribution in [0.4, 0.5) is 15.0 Å². The Morgan fingerprint density at radius 2 is 1.96 bits per heavy atom. The molecule has 1 heterocycles. The zero-order valence-corrected chi connectivity index (χ0v) is 12.9. The quantitative estimate of drug-likeness (QED) is 0.373. The molecule has 0 saturated carbocycles. The van der Waals surface area contributed by atoms with Crippen molar-refractivity contribution in [1.29, 1.82) is 0 Å². The molecule has 2 aromatic rings. The lowest BCUT2D eigenvalue weighted by atomic mass is 10.2. The summed E-state index contributed by atoms with van der Waals surface area (Å²) in [5.41, 5.74) is 1.02. The van der Waals surface area contributed by atoms with Crippen LogP contribution in [-0.4, -0.2) is 41.5 Å². The van der Waals surface area contributed by atoms with E-state index in [9.17, 15) is 9.18 Å². The molecule has 0 unspecified atom stereocenters. The Labute approximate surface area is 132 Å². The number of hydrogen-bond donors (Lipinski definition) is 0. The third-order valence-corrected chi connectivity index (χ3v) is 2.51. The Kier molecular flexibility index (Phi) is 5.19. The van der Waals surface area contributed by atoms with Crippen molar-refractivity contribution in [1.82, 2.24) is 14.9 Å². The summed E-state index contributed by atoms with van der Waals surface area (Å²) in [5.74, 6) is -0.664. The number of carbonyl (C=O) groups excluding carboxylic acids is 1. The van der Waals surface area contributed by atoms with E-state index >= 15 is 0 Å². The number of hydrogen-bond acceptors (Lipinski definition) is 6. The van der Waals surface area contributed by atoms with Gasteiger partial charge in [0.05, 0.1) is 12.5 Å². The van der Waals surface area contributed by atoms with E-state index in [1.807, 2.05) is 6.92 Å². The number of aromatic nitrogens is 2. The third kappa shape index (κ3) is 5.03. The molecular weight excluding hydrogens is 303 g/mol. The maximum Gasteiger partial charge on any atom is 0.521 e. The van der Waals surface area contributed by atoms with Crippen LogP contribution in [0.25, 0.3) is 0 Å². The molecule has 2 rings (SSSR count). The molecule has 0 spiro atoms. The molecule has 1 aromatic carbocycles. The van der Waals surface area contributed by atoms with Gasteiger partial charge in [0.1, 0.15) is 5.75 Å². The second-order valence-corrected chi connectivity index (χ2v) is 4.80. The van der Waals surface area contributed by atoms with E-state index in [1.165, 1.54) is 6.34 Å². The summed E-state index contributed by atoms with van der Waals surface area (Å²) in [4.78, 5) is 24.4. The van der Waals surface area contributed by atoms with Gasteiger partial charge >= 0.3 is 12.2 Å². The Hall–Kier alpha value is -3.03. The van der Waals surface area contributed by atoms with Gasteiger partial charge in [-0.1, -0.05) is 17.7 Å². The lowest BCUT2D eigenvalue weighted by Gasteiger charge is -2.05. The first-order valence-corrected chi connectivity index (χ1v) is 6.63. The van der Waals surface area contributed by atoms with Crippen molar-refractivity contribution in [3.8, 4) is 11.8 Å². The number of carbonyl (C=O) groups is 1. The molecule has 8 heteroatoms. The summed E-state index contributed by atoms with van der Waals surface area (Å²) >= 11 is 0. The number of nitrogens with zero attached hydrogens (tertiary/aromatic N) is 4. The molecule has 0 fully saturated rings. The summed E-state index contributed by atoms with van der Waals surface area (Å²) < 4.78 is 23.3. The summed E-state index contributed by atoms with van der Waals surface area (Å²) in [6.45, 7) is 1.91. The lowest BCUT2D eigenvalue weighted by Crippen LogP contribution is -2.15. The van der Waals surface area contributed by atoms with Crippen LogP contribution in [0, 0.1) is 12.7 Å². The highest BCUT2D eigenvalue weighted by atomic mass is 19.1. The molecule has 0 saturated heterocycles. The molecule has 0 aliphatic carbocycles. The van der Waals surface area contributed by atoms with Gasteiger partial charge in [0.2, 0.25) is 0 Å². The van der Waals surface area contributed by atoms with Gasteiger partial charge in [-0.3, -0.25) is 0 Å². The second kappa shape index (κ2) is 7.30. The molecule has 1 aromatic heterocycles. The van der Waals surface area contributed by atoms with E-state index in [0.717, 1.165) is 11.8 Å². The van der Waals surface area contributed by atoms with Crippen LogP contribution in [0.3, 0.4) is 0 Å². The highest BCUT2D eigenvalue weighted by Gasteiger charge is 2.13. The van der Waals surface area contributed by atoms with Crippen molar-refractivity contribution < 1.29 is 18.7 Å². The highest BCUT2D eigenvalue weighted by molar-refractivity contribution is 5.66. The van der Waals surface area contributed by atoms with Crippen LogP contribution in [0.1, 0.15) is 5.56 Å². The van der Waals surface area contributed by atoms with Gasteiger partial charge in [-0.05, 0) is 19.1 Å². The number of benzene rings is 1. The molecule has 0 aliphatic heterocycles. The van der Waals surface area contributed by atoms with Crippen LogP contribution in [0.5, 0.6) is 11.8 Å². The molecule has 23 heavy (non-hydrogen) atoms. The number of halogens is 1. The zero-order chi connectivity index (χ0) is 16.8. The van der Waals surface area contributed by atoms with E-state index in [2.05, 4.69) is 15.0 Å². The van der Waals surface area contributed by atoms with E-state index in [4.69, 9.17) is 9.47 Å². The molecule has 0 bridgehead atoms. The van der Waals surface area contributed by atoms with Crippen LogP contribution in [-0.2, 0) is 0 Å². The maximum atomic E-state index is 13.5. The standard InChI is InChI=1S/C15H15FN4O3/c1-10-4-6-11(7-5-10)22-15(21)23-14-17-8-12(16)13(19-14)18-9-20(2)3/h4-9H,1-3H3/b18-9+. The van der Waals surface area contributed by atoms with Crippen molar-refractivity contribution in [2.24, 2.45) is 4.99 Å². The van der Waals surface area contributed by atoms with Crippen LogP contribution in [0.2, 0.25) is 0 Å². The molecule has 0 amide bonds. The fourth-order valence-electron chi connectivity index (χ4n) is 1.45. The highest BCUT2D eigenvalue weighted by Crippen LogP contribution is 2.17. The molecule has 7 nitrogen and oxygen atoms in total.